The first-order chi connectivity index (χ1) is 11.5. The van der Waals surface area contributed by atoms with Crippen LogP contribution in [0.5, 0.6) is 0 Å². The van der Waals surface area contributed by atoms with E-state index in [9.17, 15) is 14.7 Å². The molecule has 0 fully saturated rings. The number of carbonyl (C=O) groups is 2. The molecular formula is C18H12BrNO4. The highest BCUT2D eigenvalue weighted by molar-refractivity contribution is 9.10. The zero-order valence-electron chi connectivity index (χ0n) is 12.3. The molecule has 0 spiro atoms. The van der Waals surface area contributed by atoms with E-state index in [-0.39, 0.29) is 11.6 Å². The van der Waals surface area contributed by atoms with Gasteiger partial charge in [0.2, 0.25) is 11.7 Å². The minimum Gasteiger partial charge on any atom is -0.477 e. The Morgan fingerprint density at radius 3 is 2.38 bits per heavy atom. The average Bonchev–Trinajstić information content (AvgIpc) is 2.86. The number of benzene rings is 2. The van der Waals surface area contributed by atoms with E-state index in [1.165, 1.54) is 6.08 Å². The van der Waals surface area contributed by atoms with E-state index < -0.39 is 17.3 Å². The van der Waals surface area contributed by atoms with E-state index in [0.29, 0.717) is 5.69 Å². The Labute approximate surface area is 146 Å². The van der Waals surface area contributed by atoms with Crippen molar-refractivity contribution in [1.29, 1.82) is 0 Å². The lowest BCUT2D eigenvalue weighted by Gasteiger charge is -2.07. The zero-order valence-corrected chi connectivity index (χ0v) is 13.9. The Kier molecular flexibility index (Phi) is 4.48. The fraction of sp³-hybridized carbons (Fsp3) is 0. The molecule has 0 bridgehead atoms. The van der Waals surface area contributed by atoms with Crippen molar-refractivity contribution in [1.82, 2.24) is 0 Å². The monoisotopic (exact) mass is 385 g/mol. The Bertz CT molecular complexity index is 854. The number of nitrogens with one attached hydrogen (secondary N) is 1. The number of aliphatic carboxylic acids is 1. The number of Topliss-reactive ketones (excluding diaryl/α,β-unsaturated/α-hetero) is 1. The van der Waals surface area contributed by atoms with Crippen LogP contribution in [0.3, 0.4) is 0 Å². The molecule has 2 N–H and O–H groups in total. The molecule has 1 aliphatic heterocycles. The van der Waals surface area contributed by atoms with Crippen LogP contribution in [-0.2, 0) is 14.3 Å². The molecule has 0 atom stereocenters. The van der Waals surface area contributed by atoms with Crippen LogP contribution in [0.2, 0.25) is 0 Å². The maximum atomic E-state index is 12.3. The molecule has 0 unspecified atom stereocenters. The van der Waals surface area contributed by atoms with Gasteiger partial charge in [-0.25, -0.2) is 4.79 Å². The SMILES string of the molecule is O=C(O)C1=C(Nc2ccccc2)O/C(=C\c2ccc(Br)cc2)C1=O. The van der Waals surface area contributed by atoms with E-state index in [1.807, 2.05) is 18.2 Å². The molecule has 2 aromatic rings. The van der Waals surface area contributed by atoms with Gasteiger partial charge in [-0.15, -0.1) is 0 Å². The van der Waals surface area contributed by atoms with Crippen LogP contribution in [0.25, 0.3) is 6.08 Å². The fourth-order valence-electron chi connectivity index (χ4n) is 2.17. The molecule has 0 aromatic heterocycles. The molecule has 6 heteroatoms. The summed E-state index contributed by atoms with van der Waals surface area (Å²) in [5.74, 6) is -2.11. The van der Waals surface area contributed by atoms with E-state index in [4.69, 9.17) is 4.74 Å². The highest BCUT2D eigenvalue weighted by atomic mass is 79.9. The first kappa shape index (κ1) is 16.0. The van der Waals surface area contributed by atoms with Crippen LogP contribution in [0.1, 0.15) is 5.56 Å². The van der Waals surface area contributed by atoms with Crippen molar-refractivity contribution < 1.29 is 19.4 Å². The summed E-state index contributed by atoms with van der Waals surface area (Å²) in [6, 6.07) is 16.1. The van der Waals surface area contributed by atoms with Gasteiger partial charge in [0.1, 0.15) is 0 Å². The lowest BCUT2D eigenvalue weighted by atomic mass is 10.1. The summed E-state index contributed by atoms with van der Waals surface area (Å²) in [6.45, 7) is 0. The van der Waals surface area contributed by atoms with Crippen molar-refractivity contribution in [3.63, 3.8) is 0 Å². The quantitative estimate of drug-likeness (QED) is 0.618. The molecule has 2 aromatic carbocycles. The number of carbonyl (C=O) groups excluding carboxylic acids is 1. The highest BCUT2D eigenvalue weighted by Crippen LogP contribution is 2.28. The summed E-state index contributed by atoms with van der Waals surface area (Å²) in [5, 5.41) is 12.2. The second kappa shape index (κ2) is 6.72. The highest BCUT2D eigenvalue weighted by Gasteiger charge is 2.35. The summed E-state index contributed by atoms with van der Waals surface area (Å²) in [5.41, 5.74) is 0.943. The number of hydrogen-bond donors (Lipinski definition) is 2. The molecular weight excluding hydrogens is 374 g/mol. The van der Waals surface area contributed by atoms with E-state index in [1.54, 1.807) is 36.4 Å². The number of anilines is 1. The van der Waals surface area contributed by atoms with Crippen molar-refractivity contribution in [2.45, 2.75) is 0 Å². The van der Waals surface area contributed by atoms with Crippen LogP contribution in [-0.4, -0.2) is 16.9 Å². The molecule has 3 rings (SSSR count). The fourth-order valence-corrected chi connectivity index (χ4v) is 2.44. The third-order valence-corrected chi connectivity index (χ3v) is 3.83. The van der Waals surface area contributed by atoms with Gasteiger partial charge < -0.3 is 15.2 Å². The van der Waals surface area contributed by atoms with Crippen LogP contribution < -0.4 is 5.32 Å². The lowest BCUT2D eigenvalue weighted by molar-refractivity contribution is -0.134. The topological polar surface area (TPSA) is 75.6 Å². The standard InChI is InChI=1S/C18H12BrNO4/c19-12-8-6-11(7-9-12)10-14-16(21)15(18(22)23)17(24-14)20-13-4-2-1-3-5-13/h1-10,20H,(H,22,23)/b14-10-. The predicted molar refractivity (Wildman–Crippen MR) is 92.9 cm³/mol. The number of rotatable bonds is 4. The molecule has 0 saturated carbocycles. The Morgan fingerprint density at radius 1 is 1.08 bits per heavy atom. The Morgan fingerprint density at radius 2 is 1.75 bits per heavy atom. The summed E-state index contributed by atoms with van der Waals surface area (Å²) >= 11 is 3.33. The van der Waals surface area contributed by atoms with Crippen LogP contribution in [0.4, 0.5) is 5.69 Å². The van der Waals surface area contributed by atoms with Crippen molar-refractivity contribution in [2.75, 3.05) is 5.32 Å². The van der Waals surface area contributed by atoms with Gasteiger partial charge in [-0.2, -0.15) is 0 Å². The maximum Gasteiger partial charge on any atom is 0.345 e. The van der Waals surface area contributed by atoms with E-state index in [2.05, 4.69) is 21.2 Å². The number of halogens is 1. The number of hydrogen-bond acceptors (Lipinski definition) is 4. The number of ketones is 1. The van der Waals surface area contributed by atoms with Crippen molar-refractivity contribution in [3.05, 3.63) is 81.8 Å². The van der Waals surface area contributed by atoms with E-state index in [0.717, 1.165) is 10.0 Å². The minimum atomic E-state index is -1.34. The maximum absolute atomic E-state index is 12.3. The minimum absolute atomic E-state index is 0.0341. The number of para-hydroxylation sites is 1. The second-order valence-corrected chi connectivity index (χ2v) is 5.91. The van der Waals surface area contributed by atoms with Gasteiger partial charge in [-0.05, 0) is 35.9 Å². The van der Waals surface area contributed by atoms with E-state index >= 15 is 0 Å². The van der Waals surface area contributed by atoms with Gasteiger partial charge in [0.25, 0.3) is 0 Å². The zero-order chi connectivity index (χ0) is 17.1. The number of carboxylic acid groups (broad SMARTS) is 1. The number of ether oxygens (including phenoxy) is 1. The third-order valence-electron chi connectivity index (χ3n) is 3.30. The Balaban J connectivity index is 1.91. The molecule has 0 amide bonds. The van der Waals surface area contributed by atoms with Crippen LogP contribution in [0, 0.1) is 0 Å². The van der Waals surface area contributed by atoms with Gasteiger partial charge in [0.15, 0.2) is 11.3 Å². The molecule has 1 aliphatic rings. The molecule has 0 saturated heterocycles. The van der Waals surface area contributed by atoms with Crippen LogP contribution in [0.15, 0.2) is 76.3 Å². The third kappa shape index (κ3) is 3.38. The lowest BCUT2D eigenvalue weighted by Crippen LogP contribution is -2.12. The molecule has 24 heavy (non-hydrogen) atoms. The first-order valence-electron chi connectivity index (χ1n) is 7.04. The summed E-state index contributed by atoms with van der Waals surface area (Å²) < 4.78 is 6.38. The molecule has 0 radical (unpaired) electrons. The van der Waals surface area contributed by atoms with Gasteiger partial charge in [0.05, 0.1) is 0 Å². The summed E-state index contributed by atoms with van der Waals surface area (Å²) in [7, 11) is 0. The molecule has 1 heterocycles. The first-order valence-corrected chi connectivity index (χ1v) is 7.83. The average molecular weight is 386 g/mol. The summed E-state index contributed by atoms with van der Waals surface area (Å²) in [4.78, 5) is 23.8. The van der Waals surface area contributed by atoms with Crippen molar-refractivity contribution in [3.8, 4) is 0 Å². The molecule has 120 valence electrons. The van der Waals surface area contributed by atoms with Crippen LogP contribution >= 0.6 is 15.9 Å². The Hall–Kier alpha value is -2.86. The smallest absolute Gasteiger partial charge is 0.345 e. The van der Waals surface area contributed by atoms with Crippen molar-refractivity contribution in [2.24, 2.45) is 0 Å². The molecule has 5 nitrogen and oxygen atoms in total. The predicted octanol–water partition coefficient (Wildman–Crippen LogP) is 3.80. The van der Waals surface area contributed by atoms with Crippen molar-refractivity contribution >= 4 is 39.4 Å². The normalized spacial score (nSPS) is 15.5. The van der Waals surface area contributed by atoms with Gasteiger partial charge in [-0.3, -0.25) is 4.79 Å². The van der Waals surface area contributed by atoms with Gasteiger partial charge in [-0.1, -0.05) is 46.3 Å². The summed E-state index contributed by atoms with van der Waals surface area (Å²) in [6.07, 6.45) is 1.51. The number of carboxylic acids is 1. The number of allylic oxidation sites excluding steroid dienone is 1. The second-order valence-electron chi connectivity index (χ2n) is 4.99. The molecule has 0 aliphatic carbocycles. The van der Waals surface area contributed by atoms with Gasteiger partial charge in [0, 0.05) is 10.2 Å². The van der Waals surface area contributed by atoms with Gasteiger partial charge >= 0.3 is 5.97 Å². The largest absolute Gasteiger partial charge is 0.477 e.